The smallest absolute Gasteiger partial charge is 0.489 e. The van der Waals surface area contributed by atoms with Gasteiger partial charge in [-0.2, -0.15) is 0 Å². The Bertz CT molecular complexity index is 1250. The van der Waals surface area contributed by atoms with Crippen LogP contribution >= 0.6 is 0 Å². The molecule has 2 heterocycles. The molecule has 0 aliphatic carbocycles. The number of hydrogen-bond acceptors (Lipinski definition) is 6. The third-order valence-corrected chi connectivity index (χ3v) is 5.48. The largest absolute Gasteiger partial charge is 0.573 e. The van der Waals surface area contributed by atoms with E-state index in [-0.39, 0.29) is 17.2 Å². The maximum atomic E-state index is 13.0. The number of nitrogens with zero attached hydrogens (tertiary/aromatic N) is 3. The summed E-state index contributed by atoms with van der Waals surface area (Å²) in [5.41, 5.74) is 2.11. The molecule has 0 fully saturated rings. The summed E-state index contributed by atoms with van der Waals surface area (Å²) in [6, 6.07) is 13.7. The second kappa shape index (κ2) is 10.1. The van der Waals surface area contributed by atoms with Gasteiger partial charge in [0.15, 0.2) is 5.75 Å². The lowest BCUT2D eigenvalue weighted by atomic mass is 10.1. The first-order chi connectivity index (χ1) is 17.1. The van der Waals surface area contributed by atoms with Crippen LogP contribution in [-0.2, 0) is 11.3 Å². The highest BCUT2D eigenvalue weighted by Gasteiger charge is 2.31. The molecule has 0 saturated heterocycles. The third-order valence-electron chi connectivity index (χ3n) is 5.48. The van der Waals surface area contributed by atoms with Crippen LogP contribution in [0.1, 0.15) is 22.8 Å². The molecule has 4 rings (SSSR count). The molecule has 2 aromatic carbocycles. The molecule has 2 amide bonds. The second-order valence-electron chi connectivity index (χ2n) is 8.08. The number of ether oxygens (including phenoxy) is 2. The lowest BCUT2D eigenvalue weighted by Gasteiger charge is -2.31. The van der Waals surface area contributed by atoms with E-state index in [1.807, 2.05) is 23.1 Å². The monoisotopic (exact) mass is 500 g/mol. The maximum Gasteiger partial charge on any atom is 0.573 e. The summed E-state index contributed by atoms with van der Waals surface area (Å²) in [5.74, 6) is 0.126. The van der Waals surface area contributed by atoms with E-state index in [2.05, 4.69) is 15.0 Å². The molecule has 0 spiro atoms. The van der Waals surface area contributed by atoms with Gasteiger partial charge in [0.25, 0.3) is 5.91 Å². The van der Waals surface area contributed by atoms with Gasteiger partial charge < -0.3 is 24.6 Å². The molecule has 0 radical (unpaired) electrons. The molecular weight excluding hydrogens is 477 g/mol. The Morgan fingerprint density at radius 1 is 1.14 bits per heavy atom. The molecule has 1 aromatic heterocycles. The van der Waals surface area contributed by atoms with Crippen molar-refractivity contribution in [2.24, 2.45) is 0 Å². The Balaban J connectivity index is 1.51. The fourth-order valence-electron chi connectivity index (χ4n) is 3.66. The van der Waals surface area contributed by atoms with Crippen molar-refractivity contribution in [2.45, 2.75) is 19.8 Å². The highest BCUT2D eigenvalue weighted by atomic mass is 19.4. The molecule has 0 saturated carbocycles. The van der Waals surface area contributed by atoms with E-state index < -0.39 is 12.3 Å². The fraction of sp³-hybridized carbons (Fsp3) is 0.240. The number of rotatable bonds is 6. The number of carbonyl (C=O) groups excluding carboxylic acids is 2. The molecule has 0 atom stereocenters. The number of carbonyl (C=O) groups is 2. The van der Waals surface area contributed by atoms with E-state index in [1.165, 1.54) is 19.1 Å². The van der Waals surface area contributed by atoms with Gasteiger partial charge in [0.05, 0.1) is 17.8 Å². The van der Waals surface area contributed by atoms with Crippen molar-refractivity contribution >= 4 is 29.0 Å². The summed E-state index contributed by atoms with van der Waals surface area (Å²) in [7, 11) is 1.71. The Morgan fingerprint density at radius 3 is 2.53 bits per heavy atom. The number of anilines is 3. The van der Waals surface area contributed by atoms with Crippen molar-refractivity contribution in [3.05, 3.63) is 71.9 Å². The number of fused-ring (bicyclic) bond motifs is 1. The molecule has 188 valence electrons. The zero-order valence-electron chi connectivity index (χ0n) is 19.5. The number of alkyl halides is 3. The topological polar surface area (TPSA) is 84.0 Å². The van der Waals surface area contributed by atoms with Crippen molar-refractivity contribution < 1.29 is 32.2 Å². The van der Waals surface area contributed by atoms with Crippen molar-refractivity contribution in [3.8, 4) is 11.5 Å². The quantitative estimate of drug-likeness (QED) is 0.527. The number of amides is 2. The average Bonchev–Trinajstić information content (AvgIpc) is 2.84. The lowest BCUT2D eigenvalue weighted by molar-refractivity contribution is -0.274. The summed E-state index contributed by atoms with van der Waals surface area (Å²) in [6.45, 7) is 2.77. The minimum absolute atomic E-state index is 0.0439. The summed E-state index contributed by atoms with van der Waals surface area (Å²) >= 11 is 0. The Morgan fingerprint density at radius 2 is 1.89 bits per heavy atom. The summed E-state index contributed by atoms with van der Waals surface area (Å²) in [5, 5.41) is 2.67. The van der Waals surface area contributed by atoms with E-state index in [9.17, 15) is 22.8 Å². The minimum Gasteiger partial charge on any atom is -0.489 e. The van der Waals surface area contributed by atoms with Gasteiger partial charge in [-0.1, -0.05) is 12.1 Å². The molecule has 1 N–H and O–H groups in total. The van der Waals surface area contributed by atoms with Crippen LogP contribution in [0.2, 0.25) is 0 Å². The zero-order chi connectivity index (χ0) is 25.9. The molecule has 1 aliphatic heterocycles. The Labute approximate surface area is 205 Å². The first-order valence-corrected chi connectivity index (χ1v) is 11.0. The molecular formula is C25H23F3N4O4. The predicted molar refractivity (Wildman–Crippen MR) is 126 cm³/mol. The van der Waals surface area contributed by atoms with E-state index >= 15 is 0 Å². The highest BCUT2D eigenvalue weighted by molar-refractivity contribution is 6.07. The van der Waals surface area contributed by atoms with Crippen LogP contribution in [-0.4, -0.2) is 48.3 Å². The van der Waals surface area contributed by atoms with E-state index in [4.69, 9.17) is 4.74 Å². The van der Waals surface area contributed by atoms with Crippen molar-refractivity contribution in [1.82, 2.24) is 9.88 Å². The number of pyridine rings is 1. The Hall–Kier alpha value is -4.28. The first kappa shape index (κ1) is 24.8. The number of halogens is 3. The van der Waals surface area contributed by atoms with Crippen LogP contribution in [0.25, 0.3) is 0 Å². The Kier molecular flexibility index (Phi) is 7.00. The van der Waals surface area contributed by atoms with Gasteiger partial charge in [0.2, 0.25) is 5.91 Å². The third kappa shape index (κ3) is 5.85. The van der Waals surface area contributed by atoms with Crippen LogP contribution in [0.3, 0.4) is 0 Å². The van der Waals surface area contributed by atoms with Gasteiger partial charge in [-0.15, -0.1) is 13.2 Å². The standard InChI is InChI=1S/C25H23F3N4O4/c1-16(33)31(2)15-17-6-11-22(29-14-17)32-12-13-35-23-20(4-3-5-21(23)32)24(34)30-18-7-9-19(10-8-18)36-25(26,27)28/h3-11,14H,12-13,15H2,1-2H3,(H,30,34). The normalized spacial score (nSPS) is 12.9. The van der Waals surface area contributed by atoms with Gasteiger partial charge in [0.1, 0.15) is 18.2 Å². The van der Waals surface area contributed by atoms with Crippen molar-refractivity contribution in [3.63, 3.8) is 0 Å². The number of benzene rings is 2. The number of hydrogen-bond donors (Lipinski definition) is 1. The van der Waals surface area contributed by atoms with Crippen LogP contribution in [0.5, 0.6) is 11.5 Å². The summed E-state index contributed by atoms with van der Waals surface area (Å²) in [6.07, 6.45) is -3.09. The van der Waals surface area contributed by atoms with Gasteiger partial charge in [-0.05, 0) is 48.0 Å². The summed E-state index contributed by atoms with van der Waals surface area (Å²) in [4.78, 5) is 32.5. The summed E-state index contributed by atoms with van der Waals surface area (Å²) < 4.78 is 46.7. The van der Waals surface area contributed by atoms with Crippen LogP contribution in [0.4, 0.5) is 30.4 Å². The molecule has 3 aromatic rings. The molecule has 11 heteroatoms. The van der Waals surface area contributed by atoms with Crippen LogP contribution in [0.15, 0.2) is 60.8 Å². The highest BCUT2D eigenvalue weighted by Crippen LogP contribution is 2.38. The lowest BCUT2D eigenvalue weighted by Crippen LogP contribution is -2.30. The number of aromatic nitrogens is 1. The van der Waals surface area contributed by atoms with Gasteiger partial charge >= 0.3 is 6.36 Å². The number of nitrogens with one attached hydrogen (secondary N) is 1. The van der Waals surface area contributed by atoms with Crippen molar-refractivity contribution in [1.29, 1.82) is 0 Å². The average molecular weight is 500 g/mol. The molecule has 1 aliphatic rings. The molecule has 36 heavy (non-hydrogen) atoms. The van der Waals surface area contributed by atoms with Crippen molar-refractivity contribution in [2.75, 3.05) is 30.4 Å². The zero-order valence-corrected chi connectivity index (χ0v) is 19.5. The van der Waals surface area contributed by atoms with Gasteiger partial charge in [-0.3, -0.25) is 9.59 Å². The molecule has 0 bridgehead atoms. The van der Waals surface area contributed by atoms with Gasteiger partial charge in [0, 0.05) is 32.4 Å². The van der Waals surface area contributed by atoms with E-state index in [1.54, 1.807) is 30.3 Å². The fourth-order valence-corrected chi connectivity index (χ4v) is 3.66. The molecule has 0 unspecified atom stereocenters. The minimum atomic E-state index is -4.79. The van der Waals surface area contributed by atoms with Gasteiger partial charge in [-0.25, -0.2) is 4.98 Å². The molecule has 8 nitrogen and oxygen atoms in total. The number of para-hydroxylation sites is 1. The SMILES string of the molecule is CC(=O)N(C)Cc1ccc(N2CCOc3c(C(=O)Nc4ccc(OC(F)(F)F)cc4)cccc32)nc1. The second-order valence-corrected chi connectivity index (χ2v) is 8.08. The first-order valence-electron chi connectivity index (χ1n) is 11.0. The van der Waals surface area contributed by atoms with Crippen LogP contribution < -0.4 is 19.7 Å². The predicted octanol–water partition coefficient (Wildman–Crippen LogP) is 4.74. The maximum absolute atomic E-state index is 13.0. The van der Waals surface area contributed by atoms with Crippen LogP contribution in [0, 0.1) is 0 Å². The van der Waals surface area contributed by atoms with E-state index in [0.717, 1.165) is 17.7 Å². The van der Waals surface area contributed by atoms with E-state index in [0.29, 0.717) is 42.6 Å².